The monoisotopic (exact) mass is 446 g/mol. The van der Waals surface area contributed by atoms with Gasteiger partial charge in [0.15, 0.2) is 0 Å². The van der Waals surface area contributed by atoms with Crippen molar-refractivity contribution >= 4 is 33.6 Å². The highest BCUT2D eigenvalue weighted by molar-refractivity contribution is 7.93. The number of nitrogens with zero attached hydrogens (tertiary/aromatic N) is 4. The number of hydrogen-bond donors (Lipinski definition) is 0. The van der Waals surface area contributed by atoms with Crippen molar-refractivity contribution in [2.75, 3.05) is 62.4 Å². The van der Waals surface area contributed by atoms with E-state index in [1.165, 1.54) is 4.31 Å². The Kier molecular flexibility index (Phi) is 6.62. The molecule has 1 aromatic rings. The summed E-state index contributed by atoms with van der Waals surface area (Å²) in [5.41, 5.74) is 1.52. The number of benzene rings is 1. The van der Waals surface area contributed by atoms with Crippen LogP contribution in [0.1, 0.15) is 24.8 Å². The van der Waals surface area contributed by atoms with Gasteiger partial charge in [0.05, 0.1) is 18.0 Å². The van der Waals surface area contributed by atoms with E-state index in [0.29, 0.717) is 51.4 Å². The maximum absolute atomic E-state index is 12.5. The topological polar surface area (TPSA) is 81.2 Å². The van der Waals surface area contributed by atoms with Crippen LogP contribution in [0.5, 0.6) is 0 Å². The lowest BCUT2D eigenvalue weighted by atomic mass is 10.2. The van der Waals surface area contributed by atoms with E-state index < -0.39 is 10.0 Å². The van der Waals surface area contributed by atoms with Gasteiger partial charge < -0.3 is 9.80 Å². The molecule has 0 radical (unpaired) electrons. The zero-order valence-corrected chi connectivity index (χ0v) is 18.6. The van der Waals surface area contributed by atoms with E-state index in [4.69, 9.17) is 0 Å². The Labute approximate surface area is 184 Å². The molecule has 4 rings (SSSR count). The van der Waals surface area contributed by atoms with E-state index in [9.17, 15) is 18.0 Å². The number of carbonyl (C=O) groups excluding carboxylic acids is 2. The van der Waals surface area contributed by atoms with Gasteiger partial charge in [-0.1, -0.05) is 12.1 Å². The Morgan fingerprint density at radius 2 is 1.52 bits per heavy atom. The van der Waals surface area contributed by atoms with Crippen molar-refractivity contribution in [2.24, 2.45) is 0 Å². The lowest BCUT2D eigenvalue weighted by Gasteiger charge is -2.34. The quantitative estimate of drug-likeness (QED) is 0.631. The molecule has 0 atom stereocenters. The first-order chi connectivity index (χ1) is 14.9. The van der Waals surface area contributed by atoms with E-state index in [2.05, 4.69) is 4.90 Å². The zero-order valence-electron chi connectivity index (χ0n) is 17.8. The highest BCUT2D eigenvalue weighted by Crippen LogP contribution is 2.24. The third-order valence-electron chi connectivity index (χ3n) is 6.20. The minimum absolute atomic E-state index is 0.0447. The molecule has 3 aliphatic heterocycles. The molecule has 31 heavy (non-hydrogen) atoms. The molecule has 1 aromatic carbocycles. The van der Waals surface area contributed by atoms with Crippen molar-refractivity contribution in [1.29, 1.82) is 0 Å². The van der Waals surface area contributed by atoms with Gasteiger partial charge >= 0.3 is 0 Å². The maximum atomic E-state index is 12.5. The number of amides is 2. The summed E-state index contributed by atoms with van der Waals surface area (Å²) in [6, 6.07) is 7.22. The molecule has 0 bridgehead atoms. The first-order valence-electron chi connectivity index (χ1n) is 11.0. The minimum atomic E-state index is -3.18. The van der Waals surface area contributed by atoms with Crippen LogP contribution in [0, 0.1) is 0 Å². The summed E-state index contributed by atoms with van der Waals surface area (Å²) in [6.45, 7) is 5.34. The van der Waals surface area contributed by atoms with Crippen molar-refractivity contribution in [3.63, 3.8) is 0 Å². The summed E-state index contributed by atoms with van der Waals surface area (Å²) < 4.78 is 25.5. The minimum Gasteiger partial charge on any atom is -0.342 e. The van der Waals surface area contributed by atoms with Crippen molar-refractivity contribution in [3.05, 3.63) is 35.9 Å². The molecular formula is C22H30N4O4S. The van der Waals surface area contributed by atoms with Gasteiger partial charge in [0.1, 0.15) is 0 Å². The van der Waals surface area contributed by atoms with Crippen LogP contribution in [0.15, 0.2) is 30.3 Å². The summed E-state index contributed by atoms with van der Waals surface area (Å²) in [5.74, 6) is 0.349. The number of hydrogen-bond acceptors (Lipinski definition) is 5. The number of piperazine rings is 1. The smallest absolute Gasteiger partial charge is 0.246 e. The van der Waals surface area contributed by atoms with Gasteiger partial charge in [0, 0.05) is 51.9 Å². The molecule has 0 N–H and O–H groups in total. The van der Waals surface area contributed by atoms with Crippen LogP contribution in [-0.2, 0) is 19.6 Å². The molecule has 3 saturated heterocycles. The third kappa shape index (κ3) is 5.27. The fourth-order valence-corrected chi connectivity index (χ4v) is 5.90. The molecule has 0 aromatic heterocycles. The first kappa shape index (κ1) is 21.8. The van der Waals surface area contributed by atoms with E-state index >= 15 is 0 Å². The highest BCUT2D eigenvalue weighted by atomic mass is 32.2. The predicted octanol–water partition coefficient (Wildman–Crippen LogP) is 1.01. The normalized spacial score (nSPS) is 21.9. The molecule has 0 saturated carbocycles. The molecule has 3 heterocycles. The average Bonchev–Trinajstić information content (AvgIpc) is 3.42. The summed E-state index contributed by atoms with van der Waals surface area (Å²) in [6.07, 6.45) is 6.17. The molecule has 0 unspecified atom stereocenters. The zero-order chi connectivity index (χ0) is 21.8. The Morgan fingerprint density at radius 1 is 0.839 bits per heavy atom. The molecule has 0 spiro atoms. The van der Waals surface area contributed by atoms with Crippen LogP contribution in [0.3, 0.4) is 0 Å². The Bertz CT molecular complexity index is 931. The number of sulfonamides is 1. The summed E-state index contributed by atoms with van der Waals surface area (Å²) in [5, 5.41) is 0. The van der Waals surface area contributed by atoms with Crippen LogP contribution < -0.4 is 4.31 Å². The summed E-state index contributed by atoms with van der Waals surface area (Å²) in [4.78, 5) is 30.7. The van der Waals surface area contributed by atoms with Gasteiger partial charge in [0.2, 0.25) is 21.8 Å². The molecular weight excluding hydrogens is 416 g/mol. The molecule has 3 fully saturated rings. The maximum Gasteiger partial charge on any atom is 0.246 e. The van der Waals surface area contributed by atoms with Gasteiger partial charge in [-0.3, -0.25) is 18.8 Å². The van der Waals surface area contributed by atoms with Gasteiger partial charge in [-0.05, 0) is 43.0 Å². The summed E-state index contributed by atoms with van der Waals surface area (Å²) in [7, 11) is -3.18. The van der Waals surface area contributed by atoms with Crippen LogP contribution in [0.4, 0.5) is 5.69 Å². The predicted molar refractivity (Wildman–Crippen MR) is 120 cm³/mol. The van der Waals surface area contributed by atoms with Crippen LogP contribution in [-0.4, -0.2) is 93.0 Å². The van der Waals surface area contributed by atoms with Gasteiger partial charge in [-0.2, -0.15) is 0 Å². The fourth-order valence-electron chi connectivity index (χ4n) is 4.34. The second-order valence-corrected chi connectivity index (χ2v) is 10.4. The SMILES string of the molecule is O=C(/C=C/c1ccc(N2CCCS2(=O)=O)cc1)N1CCN(CC(=O)N2CCCC2)CC1. The molecule has 2 amide bonds. The Morgan fingerprint density at radius 3 is 2.13 bits per heavy atom. The average molecular weight is 447 g/mol. The van der Waals surface area contributed by atoms with Gasteiger partial charge in [-0.25, -0.2) is 8.42 Å². The molecule has 9 heteroatoms. The van der Waals surface area contributed by atoms with E-state index in [-0.39, 0.29) is 17.6 Å². The second kappa shape index (κ2) is 9.40. The Balaban J connectivity index is 1.25. The molecule has 3 aliphatic rings. The van der Waals surface area contributed by atoms with E-state index in [1.807, 2.05) is 17.0 Å². The van der Waals surface area contributed by atoms with Crippen LogP contribution >= 0.6 is 0 Å². The highest BCUT2D eigenvalue weighted by Gasteiger charge is 2.28. The van der Waals surface area contributed by atoms with E-state index in [0.717, 1.165) is 31.5 Å². The third-order valence-corrected chi connectivity index (χ3v) is 8.07. The van der Waals surface area contributed by atoms with E-state index in [1.54, 1.807) is 29.2 Å². The summed E-state index contributed by atoms with van der Waals surface area (Å²) >= 11 is 0. The fraction of sp³-hybridized carbons (Fsp3) is 0.545. The number of likely N-dealkylation sites (tertiary alicyclic amines) is 1. The second-order valence-electron chi connectivity index (χ2n) is 8.36. The molecule has 0 aliphatic carbocycles. The van der Waals surface area contributed by atoms with Gasteiger partial charge in [-0.15, -0.1) is 0 Å². The lowest BCUT2D eigenvalue weighted by Crippen LogP contribution is -2.51. The largest absolute Gasteiger partial charge is 0.342 e. The van der Waals surface area contributed by atoms with Crippen molar-refractivity contribution in [1.82, 2.24) is 14.7 Å². The van der Waals surface area contributed by atoms with Crippen molar-refractivity contribution in [3.8, 4) is 0 Å². The molecule has 168 valence electrons. The first-order valence-corrected chi connectivity index (χ1v) is 12.6. The van der Waals surface area contributed by atoms with Gasteiger partial charge in [0.25, 0.3) is 0 Å². The number of carbonyl (C=O) groups is 2. The standard InChI is InChI=1S/C22H30N4O4S/c27-21(25-15-13-23(14-16-25)18-22(28)24-10-1-2-11-24)9-6-19-4-7-20(8-5-19)26-12-3-17-31(26,29)30/h4-9H,1-3,10-18H2/b9-6+. The van der Waals surface area contributed by atoms with Crippen LogP contribution in [0.2, 0.25) is 0 Å². The molecule has 8 nitrogen and oxygen atoms in total. The lowest BCUT2D eigenvalue weighted by molar-refractivity contribution is -0.132. The van der Waals surface area contributed by atoms with Crippen molar-refractivity contribution < 1.29 is 18.0 Å². The number of rotatable bonds is 5. The van der Waals surface area contributed by atoms with Crippen LogP contribution in [0.25, 0.3) is 6.08 Å². The van der Waals surface area contributed by atoms with Crippen molar-refractivity contribution in [2.45, 2.75) is 19.3 Å². The number of anilines is 1. The Hall–Kier alpha value is -2.39.